The van der Waals surface area contributed by atoms with E-state index in [-0.39, 0.29) is 0 Å². The van der Waals surface area contributed by atoms with Gasteiger partial charge in [-0.1, -0.05) is 25.3 Å². The molecule has 1 fully saturated rings. The van der Waals surface area contributed by atoms with E-state index < -0.39 is 0 Å². The summed E-state index contributed by atoms with van der Waals surface area (Å²) in [6.07, 6.45) is 11.7. The summed E-state index contributed by atoms with van der Waals surface area (Å²) in [5.74, 6) is 2.15. The quantitative estimate of drug-likeness (QED) is 0.853. The molecule has 2 aromatic rings. The van der Waals surface area contributed by atoms with Crippen LogP contribution in [0.5, 0.6) is 5.88 Å². The van der Waals surface area contributed by atoms with E-state index in [1.54, 1.807) is 19.5 Å². The Kier molecular flexibility index (Phi) is 5.24. The van der Waals surface area contributed by atoms with Gasteiger partial charge in [0.15, 0.2) is 0 Å². The highest BCUT2D eigenvalue weighted by molar-refractivity contribution is 5.39. The number of ether oxygens (including phenoxy) is 1. The lowest BCUT2D eigenvalue weighted by atomic mass is 9.95. The van der Waals surface area contributed by atoms with Crippen LogP contribution in [0.2, 0.25) is 0 Å². The fraction of sp³-hybridized carbons (Fsp3) is 0.471. The third kappa shape index (κ3) is 4.55. The summed E-state index contributed by atoms with van der Waals surface area (Å²) >= 11 is 0. The Morgan fingerprint density at radius 2 is 1.96 bits per heavy atom. The molecule has 3 rings (SSSR count). The summed E-state index contributed by atoms with van der Waals surface area (Å²) in [6.45, 7) is 0.651. The van der Waals surface area contributed by atoms with E-state index in [0.29, 0.717) is 24.3 Å². The first kappa shape index (κ1) is 15.5. The molecule has 1 aliphatic rings. The molecule has 0 amide bonds. The summed E-state index contributed by atoms with van der Waals surface area (Å²) in [5.41, 5.74) is 1.10. The molecule has 0 saturated heterocycles. The molecule has 0 aliphatic heterocycles. The Morgan fingerprint density at radius 1 is 1.09 bits per heavy atom. The van der Waals surface area contributed by atoms with Crippen LogP contribution >= 0.6 is 0 Å². The van der Waals surface area contributed by atoms with Crippen LogP contribution in [0, 0.1) is 0 Å². The average molecular weight is 313 g/mol. The fourth-order valence-corrected chi connectivity index (χ4v) is 2.79. The number of hydrogen-bond donors (Lipinski definition) is 2. The molecule has 122 valence electrons. The number of nitrogens with one attached hydrogen (secondary N) is 2. The summed E-state index contributed by atoms with van der Waals surface area (Å²) in [6, 6.07) is 4.70. The van der Waals surface area contributed by atoms with Gasteiger partial charge in [-0.15, -0.1) is 0 Å². The molecule has 0 radical (unpaired) electrons. The molecular weight excluding hydrogens is 290 g/mol. The fourth-order valence-electron chi connectivity index (χ4n) is 2.79. The van der Waals surface area contributed by atoms with Gasteiger partial charge in [0.25, 0.3) is 0 Å². The van der Waals surface area contributed by atoms with Crippen molar-refractivity contribution >= 4 is 11.6 Å². The Bertz CT molecular complexity index is 611. The van der Waals surface area contributed by atoms with Crippen molar-refractivity contribution in [1.82, 2.24) is 15.0 Å². The largest absolute Gasteiger partial charge is 0.480 e. The number of nitrogens with zero attached hydrogens (tertiary/aromatic N) is 3. The lowest BCUT2D eigenvalue weighted by Crippen LogP contribution is -2.22. The van der Waals surface area contributed by atoms with Crippen LogP contribution < -0.4 is 15.4 Å². The van der Waals surface area contributed by atoms with E-state index in [9.17, 15) is 0 Å². The van der Waals surface area contributed by atoms with Crippen molar-refractivity contribution in [2.45, 2.75) is 44.7 Å². The third-order valence-electron chi connectivity index (χ3n) is 4.08. The van der Waals surface area contributed by atoms with Crippen molar-refractivity contribution in [2.75, 3.05) is 17.7 Å². The van der Waals surface area contributed by atoms with Gasteiger partial charge in [0.05, 0.1) is 19.5 Å². The zero-order valence-electron chi connectivity index (χ0n) is 13.5. The molecule has 23 heavy (non-hydrogen) atoms. The van der Waals surface area contributed by atoms with E-state index in [0.717, 1.165) is 11.4 Å². The monoisotopic (exact) mass is 313 g/mol. The average Bonchev–Trinajstić information content (AvgIpc) is 2.62. The zero-order valence-corrected chi connectivity index (χ0v) is 13.5. The van der Waals surface area contributed by atoms with Crippen molar-refractivity contribution in [3.63, 3.8) is 0 Å². The standard InChI is InChI=1S/C17H23N5O/c1-23-17-12-18-11-16(22-17)20-10-13-7-8-15(19-9-13)21-14-5-3-2-4-6-14/h7-9,11-12,14H,2-6,10H2,1H3,(H,19,21)(H,20,22). The van der Waals surface area contributed by atoms with Crippen LogP contribution in [0.3, 0.4) is 0 Å². The summed E-state index contributed by atoms with van der Waals surface area (Å²) < 4.78 is 5.06. The molecule has 6 heteroatoms. The van der Waals surface area contributed by atoms with E-state index in [1.807, 2.05) is 12.3 Å². The number of hydrogen-bond acceptors (Lipinski definition) is 6. The van der Waals surface area contributed by atoms with Gasteiger partial charge in [-0.25, -0.2) is 4.98 Å². The lowest BCUT2D eigenvalue weighted by Gasteiger charge is -2.23. The maximum absolute atomic E-state index is 5.06. The Labute approximate surface area is 136 Å². The normalized spacial score (nSPS) is 15.2. The second-order valence-electron chi connectivity index (χ2n) is 5.83. The second kappa shape index (κ2) is 7.76. The van der Waals surface area contributed by atoms with Gasteiger partial charge in [0, 0.05) is 18.8 Å². The maximum Gasteiger partial charge on any atom is 0.233 e. The molecule has 0 atom stereocenters. The Balaban J connectivity index is 1.52. The maximum atomic E-state index is 5.06. The Morgan fingerprint density at radius 3 is 2.70 bits per heavy atom. The summed E-state index contributed by atoms with van der Waals surface area (Å²) in [4.78, 5) is 12.9. The molecule has 2 aromatic heterocycles. The van der Waals surface area contributed by atoms with Gasteiger partial charge in [0.2, 0.25) is 5.88 Å². The molecule has 0 aromatic carbocycles. The van der Waals surface area contributed by atoms with Crippen LogP contribution in [-0.4, -0.2) is 28.1 Å². The number of methoxy groups -OCH3 is 1. The van der Waals surface area contributed by atoms with E-state index >= 15 is 0 Å². The number of aromatic nitrogens is 3. The molecule has 0 spiro atoms. The van der Waals surface area contributed by atoms with E-state index in [4.69, 9.17) is 4.74 Å². The van der Waals surface area contributed by atoms with Crippen molar-refractivity contribution in [1.29, 1.82) is 0 Å². The molecule has 0 bridgehead atoms. The van der Waals surface area contributed by atoms with Crippen LogP contribution in [0.15, 0.2) is 30.7 Å². The highest BCUT2D eigenvalue weighted by Crippen LogP contribution is 2.20. The predicted octanol–water partition coefficient (Wildman–Crippen LogP) is 3.24. The number of rotatable bonds is 6. The highest BCUT2D eigenvalue weighted by atomic mass is 16.5. The van der Waals surface area contributed by atoms with Crippen molar-refractivity contribution in [3.8, 4) is 5.88 Å². The summed E-state index contributed by atoms with van der Waals surface area (Å²) in [7, 11) is 1.58. The first-order valence-corrected chi connectivity index (χ1v) is 8.15. The van der Waals surface area contributed by atoms with Crippen molar-refractivity contribution in [3.05, 3.63) is 36.3 Å². The molecule has 0 unspecified atom stereocenters. The topological polar surface area (TPSA) is 72.0 Å². The first-order chi connectivity index (χ1) is 11.3. The van der Waals surface area contributed by atoms with Gasteiger partial charge in [-0.2, -0.15) is 4.98 Å². The molecule has 1 aliphatic carbocycles. The van der Waals surface area contributed by atoms with Gasteiger partial charge < -0.3 is 15.4 Å². The van der Waals surface area contributed by atoms with Crippen molar-refractivity contribution in [2.24, 2.45) is 0 Å². The molecule has 2 N–H and O–H groups in total. The van der Waals surface area contributed by atoms with Crippen molar-refractivity contribution < 1.29 is 4.74 Å². The third-order valence-corrected chi connectivity index (χ3v) is 4.08. The van der Waals surface area contributed by atoms with Crippen LogP contribution in [0.4, 0.5) is 11.6 Å². The van der Waals surface area contributed by atoms with Crippen LogP contribution in [-0.2, 0) is 6.54 Å². The smallest absolute Gasteiger partial charge is 0.233 e. The molecule has 2 heterocycles. The van der Waals surface area contributed by atoms with Gasteiger partial charge in [0.1, 0.15) is 11.6 Å². The summed E-state index contributed by atoms with van der Waals surface area (Å²) in [5, 5.41) is 6.75. The Hall–Kier alpha value is -2.37. The second-order valence-corrected chi connectivity index (χ2v) is 5.83. The number of pyridine rings is 1. The minimum atomic E-state index is 0.500. The SMILES string of the molecule is COc1cncc(NCc2ccc(NC3CCCCC3)nc2)n1. The number of anilines is 2. The van der Waals surface area contributed by atoms with Gasteiger partial charge in [-0.3, -0.25) is 4.98 Å². The van der Waals surface area contributed by atoms with E-state index in [1.165, 1.54) is 32.1 Å². The predicted molar refractivity (Wildman–Crippen MR) is 90.6 cm³/mol. The van der Waals surface area contributed by atoms with E-state index in [2.05, 4.69) is 31.7 Å². The van der Waals surface area contributed by atoms with Crippen LogP contribution in [0.25, 0.3) is 0 Å². The lowest BCUT2D eigenvalue weighted by molar-refractivity contribution is 0.396. The van der Waals surface area contributed by atoms with Gasteiger partial charge in [-0.05, 0) is 24.5 Å². The molecule has 1 saturated carbocycles. The van der Waals surface area contributed by atoms with Gasteiger partial charge >= 0.3 is 0 Å². The molecular formula is C17H23N5O. The van der Waals surface area contributed by atoms with Crippen LogP contribution in [0.1, 0.15) is 37.7 Å². The minimum Gasteiger partial charge on any atom is -0.480 e. The molecule has 6 nitrogen and oxygen atoms in total. The minimum absolute atomic E-state index is 0.500. The zero-order chi connectivity index (χ0) is 15.9. The first-order valence-electron chi connectivity index (χ1n) is 8.15. The highest BCUT2D eigenvalue weighted by Gasteiger charge is 2.13.